The molecule has 0 fully saturated rings. The van der Waals surface area contributed by atoms with E-state index in [1.165, 1.54) is 11.3 Å². The van der Waals surface area contributed by atoms with Crippen LogP contribution in [0.25, 0.3) is 0 Å². The van der Waals surface area contributed by atoms with Gasteiger partial charge in [-0.25, -0.2) is 9.78 Å². The zero-order valence-corrected chi connectivity index (χ0v) is 12.4. The molecule has 0 bridgehead atoms. The second-order valence-electron chi connectivity index (χ2n) is 4.60. The minimum atomic E-state index is -0.867. The Labute approximate surface area is 113 Å². The number of carbonyl (C=O) groups is 1. The first-order valence-electron chi connectivity index (χ1n) is 6.50. The number of hydrogen-bond acceptors (Lipinski definition) is 4. The molecule has 0 unspecified atom stereocenters. The molecule has 0 aliphatic heterocycles. The monoisotopic (exact) mass is 270 g/mol. The maximum Gasteiger partial charge on any atom is 0.347 e. The van der Waals surface area contributed by atoms with Gasteiger partial charge in [0.05, 0.1) is 5.69 Å². The van der Waals surface area contributed by atoms with Crippen molar-refractivity contribution < 1.29 is 9.90 Å². The Morgan fingerprint density at radius 3 is 2.50 bits per heavy atom. The molecule has 0 radical (unpaired) electrons. The Morgan fingerprint density at radius 1 is 1.44 bits per heavy atom. The Hall–Kier alpha value is -1.10. The maximum atomic E-state index is 11.2. The number of carboxylic acid groups (broad SMARTS) is 1. The van der Waals surface area contributed by atoms with Crippen LogP contribution in [0, 0.1) is 0 Å². The number of rotatable bonds is 7. The van der Waals surface area contributed by atoms with E-state index in [9.17, 15) is 9.90 Å². The van der Waals surface area contributed by atoms with Crippen LogP contribution in [0.4, 0.5) is 5.13 Å². The van der Waals surface area contributed by atoms with Gasteiger partial charge in [0.2, 0.25) is 0 Å². The molecule has 0 atom stereocenters. The van der Waals surface area contributed by atoms with Gasteiger partial charge < -0.3 is 10.0 Å². The van der Waals surface area contributed by atoms with Crippen LogP contribution in [-0.2, 0) is 0 Å². The van der Waals surface area contributed by atoms with Gasteiger partial charge in [-0.2, -0.15) is 0 Å². The number of hydrogen-bond donors (Lipinski definition) is 1. The SMILES string of the molecule is CCCCN(CC)c1nc(C(C)C)c(C(=O)O)s1. The van der Waals surface area contributed by atoms with Gasteiger partial charge in [-0.15, -0.1) is 0 Å². The van der Waals surface area contributed by atoms with E-state index in [0.29, 0.717) is 10.6 Å². The average molecular weight is 270 g/mol. The molecular weight excluding hydrogens is 248 g/mol. The minimum Gasteiger partial charge on any atom is -0.477 e. The summed E-state index contributed by atoms with van der Waals surface area (Å²) in [7, 11) is 0. The number of aromatic carboxylic acids is 1. The summed E-state index contributed by atoms with van der Waals surface area (Å²) in [6, 6.07) is 0. The first-order valence-corrected chi connectivity index (χ1v) is 7.31. The van der Waals surface area contributed by atoms with Crippen molar-refractivity contribution in [1.82, 2.24) is 4.98 Å². The van der Waals surface area contributed by atoms with E-state index in [1.807, 2.05) is 13.8 Å². The normalized spacial score (nSPS) is 10.9. The van der Waals surface area contributed by atoms with Crippen molar-refractivity contribution >= 4 is 22.4 Å². The topological polar surface area (TPSA) is 53.4 Å². The van der Waals surface area contributed by atoms with E-state index in [0.717, 1.165) is 31.1 Å². The Morgan fingerprint density at radius 2 is 2.11 bits per heavy atom. The molecule has 102 valence electrons. The van der Waals surface area contributed by atoms with E-state index in [-0.39, 0.29) is 5.92 Å². The van der Waals surface area contributed by atoms with Crippen molar-refractivity contribution in [3.05, 3.63) is 10.6 Å². The fourth-order valence-corrected chi connectivity index (χ4v) is 2.89. The molecule has 0 saturated carbocycles. The smallest absolute Gasteiger partial charge is 0.347 e. The number of unbranched alkanes of at least 4 members (excludes halogenated alkanes) is 1. The van der Waals surface area contributed by atoms with Crippen molar-refractivity contribution in [2.24, 2.45) is 0 Å². The van der Waals surface area contributed by atoms with Gasteiger partial charge in [0.15, 0.2) is 5.13 Å². The van der Waals surface area contributed by atoms with Gasteiger partial charge in [0.25, 0.3) is 0 Å². The summed E-state index contributed by atoms with van der Waals surface area (Å²) in [5.74, 6) is -0.722. The Balaban J connectivity index is 3.01. The van der Waals surface area contributed by atoms with Gasteiger partial charge in [-0.3, -0.25) is 0 Å². The molecule has 0 saturated heterocycles. The number of thiazole rings is 1. The lowest BCUT2D eigenvalue weighted by Crippen LogP contribution is -2.23. The molecule has 0 aliphatic rings. The summed E-state index contributed by atoms with van der Waals surface area (Å²) in [6.45, 7) is 9.99. The quantitative estimate of drug-likeness (QED) is 0.822. The van der Waals surface area contributed by atoms with Gasteiger partial charge in [-0.1, -0.05) is 38.5 Å². The van der Waals surface area contributed by atoms with E-state index >= 15 is 0 Å². The fourth-order valence-electron chi connectivity index (χ4n) is 1.74. The Kier molecular flexibility index (Phi) is 5.59. The summed E-state index contributed by atoms with van der Waals surface area (Å²) < 4.78 is 0. The maximum absolute atomic E-state index is 11.2. The van der Waals surface area contributed by atoms with Gasteiger partial charge in [-0.05, 0) is 19.3 Å². The average Bonchev–Trinajstić information content (AvgIpc) is 2.75. The summed E-state index contributed by atoms with van der Waals surface area (Å²) in [4.78, 5) is 18.3. The fraction of sp³-hybridized carbons (Fsp3) is 0.692. The summed E-state index contributed by atoms with van der Waals surface area (Å²) >= 11 is 1.29. The third kappa shape index (κ3) is 3.45. The van der Waals surface area contributed by atoms with Crippen LogP contribution >= 0.6 is 11.3 Å². The first kappa shape index (κ1) is 15.0. The van der Waals surface area contributed by atoms with E-state index < -0.39 is 5.97 Å². The van der Waals surface area contributed by atoms with E-state index in [1.54, 1.807) is 0 Å². The molecule has 4 nitrogen and oxygen atoms in total. The molecule has 1 aromatic rings. The molecule has 18 heavy (non-hydrogen) atoms. The second kappa shape index (κ2) is 6.73. The van der Waals surface area contributed by atoms with Crippen LogP contribution in [0.3, 0.4) is 0 Å². The Bertz CT molecular complexity index is 402. The molecule has 1 N–H and O–H groups in total. The highest BCUT2D eigenvalue weighted by atomic mass is 32.1. The van der Waals surface area contributed by atoms with Crippen molar-refractivity contribution in [1.29, 1.82) is 0 Å². The molecule has 0 spiro atoms. The van der Waals surface area contributed by atoms with E-state index in [2.05, 4.69) is 23.7 Å². The largest absolute Gasteiger partial charge is 0.477 e. The molecule has 1 heterocycles. The van der Waals surface area contributed by atoms with Crippen LogP contribution in [0.15, 0.2) is 0 Å². The number of nitrogens with zero attached hydrogens (tertiary/aromatic N) is 2. The van der Waals surface area contributed by atoms with Crippen LogP contribution in [-0.4, -0.2) is 29.1 Å². The minimum absolute atomic E-state index is 0.144. The highest BCUT2D eigenvalue weighted by Gasteiger charge is 2.21. The zero-order chi connectivity index (χ0) is 13.7. The third-order valence-electron chi connectivity index (χ3n) is 2.82. The van der Waals surface area contributed by atoms with Crippen molar-refractivity contribution in [2.75, 3.05) is 18.0 Å². The third-order valence-corrected chi connectivity index (χ3v) is 3.94. The molecular formula is C13H22N2O2S. The second-order valence-corrected chi connectivity index (χ2v) is 5.58. The van der Waals surface area contributed by atoms with Crippen LogP contribution in [0.1, 0.15) is 61.8 Å². The predicted molar refractivity (Wildman–Crippen MR) is 76.0 cm³/mol. The molecule has 1 aromatic heterocycles. The summed E-state index contributed by atoms with van der Waals surface area (Å²) in [5, 5.41) is 10.1. The lowest BCUT2D eigenvalue weighted by atomic mass is 10.1. The number of anilines is 1. The zero-order valence-electron chi connectivity index (χ0n) is 11.6. The molecule has 0 amide bonds. The van der Waals surface area contributed by atoms with Crippen molar-refractivity contribution in [3.63, 3.8) is 0 Å². The number of carboxylic acids is 1. The lowest BCUT2D eigenvalue weighted by molar-refractivity contribution is 0.0700. The van der Waals surface area contributed by atoms with Crippen LogP contribution < -0.4 is 4.90 Å². The standard InChI is InChI=1S/C13H22N2O2S/c1-5-7-8-15(6-2)13-14-10(9(3)4)11(18-13)12(16)17/h9H,5-8H2,1-4H3,(H,16,17). The predicted octanol–water partition coefficient (Wildman–Crippen LogP) is 3.59. The van der Waals surface area contributed by atoms with Gasteiger partial charge in [0, 0.05) is 13.1 Å². The highest BCUT2D eigenvalue weighted by molar-refractivity contribution is 7.17. The van der Waals surface area contributed by atoms with Gasteiger partial charge in [0.1, 0.15) is 4.88 Å². The highest BCUT2D eigenvalue weighted by Crippen LogP contribution is 2.30. The molecule has 5 heteroatoms. The first-order chi connectivity index (χ1) is 8.51. The van der Waals surface area contributed by atoms with E-state index in [4.69, 9.17) is 0 Å². The van der Waals surface area contributed by atoms with Gasteiger partial charge >= 0.3 is 5.97 Å². The van der Waals surface area contributed by atoms with Crippen LogP contribution in [0.2, 0.25) is 0 Å². The molecule has 1 rings (SSSR count). The summed E-state index contributed by atoms with van der Waals surface area (Å²) in [5.41, 5.74) is 0.706. The molecule has 0 aliphatic carbocycles. The lowest BCUT2D eigenvalue weighted by Gasteiger charge is -2.19. The summed E-state index contributed by atoms with van der Waals surface area (Å²) in [6.07, 6.45) is 2.23. The molecule has 0 aromatic carbocycles. The van der Waals surface area contributed by atoms with Crippen LogP contribution in [0.5, 0.6) is 0 Å². The van der Waals surface area contributed by atoms with Crippen molar-refractivity contribution in [3.8, 4) is 0 Å². The van der Waals surface area contributed by atoms with Crippen molar-refractivity contribution in [2.45, 2.75) is 46.5 Å². The number of aromatic nitrogens is 1.